The van der Waals surface area contributed by atoms with Gasteiger partial charge in [0, 0.05) is 0 Å². The van der Waals surface area contributed by atoms with E-state index in [1.54, 1.807) is 12.1 Å². The van der Waals surface area contributed by atoms with Crippen molar-refractivity contribution in [3.05, 3.63) is 30.3 Å². The molecular weight excluding hydrogens is 192 g/mol. The molecular formula is C11H15N2O2. The molecule has 0 aliphatic rings. The molecule has 4 nitrogen and oxygen atoms in total. The van der Waals surface area contributed by atoms with E-state index in [2.05, 4.69) is 10.9 Å². The van der Waals surface area contributed by atoms with Crippen LogP contribution in [0, 0.1) is 0 Å². The number of hydrogen-bond acceptors (Lipinski definition) is 2. The van der Waals surface area contributed by atoms with Gasteiger partial charge in [0.25, 0.3) is 0 Å². The van der Waals surface area contributed by atoms with Gasteiger partial charge in [-0.05, 0) is 18.6 Å². The lowest BCUT2D eigenvalue weighted by Gasteiger charge is -2.05. The Hall–Kier alpha value is -1.71. The summed E-state index contributed by atoms with van der Waals surface area (Å²) in [6.07, 6.45) is 1.37. The molecule has 0 heterocycles. The minimum absolute atomic E-state index is 0.437. The second kappa shape index (κ2) is 6.70. The molecule has 1 aromatic carbocycles. The van der Waals surface area contributed by atoms with Crippen LogP contribution in [0.3, 0.4) is 0 Å². The maximum Gasteiger partial charge on any atom is 0.427 e. The van der Waals surface area contributed by atoms with E-state index < -0.39 is 6.09 Å². The maximum absolute atomic E-state index is 11.1. The second-order valence-electron chi connectivity index (χ2n) is 3.05. The zero-order valence-corrected chi connectivity index (χ0v) is 8.77. The number of amides is 1. The largest absolute Gasteiger partial charge is 0.448 e. The molecule has 1 aromatic rings. The van der Waals surface area contributed by atoms with Gasteiger partial charge in [0.15, 0.2) is 0 Å². The summed E-state index contributed by atoms with van der Waals surface area (Å²) in [6, 6.07) is 9.18. The van der Waals surface area contributed by atoms with E-state index in [-0.39, 0.29) is 0 Å². The van der Waals surface area contributed by atoms with E-state index >= 15 is 0 Å². The number of rotatable bonds is 5. The van der Waals surface area contributed by atoms with E-state index in [1.165, 1.54) is 0 Å². The van der Waals surface area contributed by atoms with Gasteiger partial charge in [-0.15, -0.1) is 0 Å². The van der Waals surface area contributed by atoms with E-state index in [9.17, 15) is 4.79 Å². The number of unbranched alkanes of at least 4 members (excludes halogenated alkanes) is 1. The van der Waals surface area contributed by atoms with Crippen LogP contribution in [0.2, 0.25) is 0 Å². The Morgan fingerprint density at radius 2 is 2.13 bits per heavy atom. The van der Waals surface area contributed by atoms with Crippen molar-refractivity contribution in [2.75, 3.05) is 6.61 Å². The molecule has 1 rings (SSSR count). The molecule has 0 saturated heterocycles. The van der Waals surface area contributed by atoms with Crippen LogP contribution in [-0.4, -0.2) is 12.7 Å². The van der Waals surface area contributed by atoms with Crippen LogP contribution in [0.5, 0.6) is 0 Å². The van der Waals surface area contributed by atoms with Crippen LogP contribution in [0.1, 0.15) is 19.8 Å². The third-order valence-electron chi connectivity index (χ3n) is 1.76. The molecule has 1 amide bonds. The summed E-state index contributed by atoms with van der Waals surface area (Å²) in [4.78, 5) is 11.1. The lowest BCUT2D eigenvalue weighted by molar-refractivity contribution is 0.141. The van der Waals surface area contributed by atoms with E-state index in [0.29, 0.717) is 12.3 Å². The lowest BCUT2D eigenvalue weighted by Crippen LogP contribution is -2.29. The molecule has 0 bridgehead atoms. The Bertz CT molecular complexity index is 288. The number of nitrogens with zero attached hydrogens (tertiary/aromatic N) is 1. The molecule has 0 aliphatic carbocycles. The summed E-state index contributed by atoms with van der Waals surface area (Å²) in [5.74, 6) is 0. The zero-order chi connectivity index (χ0) is 10.9. The third kappa shape index (κ3) is 4.90. The molecule has 0 unspecified atom stereocenters. The fourth-order valence-corrected chi connectivity index (χ4v) is 0.954. The van der Waals surface area contributed by atoms with Gasteiger partial charge in [-0.25, -0.2) is 10.2 Å². The number of ether oxygens (including phenoxy) is 1. The molecule has 0 aliphatic heterocycles. The quantitative estimate of drug-likeness (QED) is 0.595. The van der Waals surface area contributed by atoms with Crippen molar-refractivity contribution in [2.24, 2.45) is 0 Å². The highest BCUT2D eigenvalue weighted by Gasteiger charge is 2.01. The minimum atomic E-state index is -0.507. The molecule has 15 heavy (non-hydrogen) atoms. The molecule has 0 aromatic heterocycles. The Kier molecular flexibility index (Phi) is 5.08. The number of para-hydroxylation sites is 1. The standard InChI is InChI=1S/C11H15N2O2/c1-2-3-9-15-11(14)13-12-10-7-5-4-6-8-10/h4-8H,2-3,9H2,1H3,(H,13,14). The molecule has 0 atom stereocenters. The highest BCUT2D eigenvalue weighted by molar-refractivity contribution is 5.67. The summed E-state index contributed by atoms with van der Waals surface area (Å²) in [6.45, 7) is 2.47. The number of benzene rings is 1. The highest BCUT2D eigenvalue weighted by atomic mass is 16.6. The Morgan fingerprint density at radius 1 is 1.40 bits per heavy atom. The summed E-state index contributed by atoms with van der Waals surface area (Å²) >= 11 is 0. The van der Waals surface area contributed by atoms with E-state index in [1.807, 2.05) is 25.1 Å². The molecule has 0 spiro atoms. The van der Waals surface area contributed by atoms with Crippen molar-refractivity contribution in [1.29, 1.82) is 0 Å². The second-order valence-corrected chi connectivity index (χ2v) is 3.05. The topological polar surface area (TPSA) is 52.4 Å². The molecule has 1 radical (unpaired) electrons. The smallest absolute Gasteiger partial charge is 0.427 e. The van der Waals surface area contributed by atoms with Gasteiger partial charge in [-0.3, -0.25) is 0 Å². The highest BCUT2D eigenvalue weighted by Crippen LogP contribution is 2.02. The van der Waals surface area contributed by atoms with Crippen LogP contribution < -0.4 is 10.9 Å². The van der Waals surface area contributed by atoms with Gasteiger partial charge in [0.2, 0.25) is 0 Å². The Labute approximate surface area is 89.6 Å². The van der Waals surface area contributed by atoms with Crippen molar-refractivity contribution in [2.45, 2.75) is 19.8 Å². The molecule has 4 heteroatoms. The average molecular weight is 207 g/mol. The zero-order valence-electron chi connectivity index (χ0n) is 8.77. The van der Waals surface area contributed by atoms with Crippen LogP contribution in [0.25, 0.3) is 0 Å². The molecule has 0 saturated carbocycles. The summed E-state index contributed by atoms with van der Waals surface area (Å²) in [7, 11) is 0. The van der Waals surface area contributed by atoms with Crippen molar-refractivity contribution in [1.82, 2.24) is 10.9 Å². The summed E-state index contributed by atoms with van der Waals surface area (Å²) in [5, 5.41) is 0. The first kappa shape index (κ1) is 11.4. The Balaban J connectivity index is 2.17. The number of hydrogen-bond donors (Lipinski definition) is 1. The Morgan fingerprint density at radius 3 is 2.80 bits per heavy atom. The van der Waals surface area contributed by atoms with Gasteiger partial charge >= 0.3 is 6.09 Å². The average Bonchev–Trinajstić information content (AvgIpc) is 2.28. The minimum Gasteiger partial charge on any atom is -0.448 e. The van der Waals surface area contributed by atoms with Crippen molar-refractivity contribution in [3.63, 3.8) is 0 Å². The predicted octanol–water partition coefficient (Wildman–Crippen LogP) is 2.36. The number of carbonyl (C=O) groups excluding carboxylic acids is 1. The monoisotopic (exact) mass is 207 g/mol. The van der Waals surface area contributed by atoms with Crippen molar-refractivity contribution >= 4 is 11.8 Å². The van der Waals surface area contributed by atoms with E-state index in [4.69, 9.17) is 4.74 Å². The number of nitrogens with one attached hydrogen (secondary N) is 1. The van der Waals surface area contributed by atoms with Crippen LogP contribution in [0.4, 0.5) is 10.5 Å². The summed E-state index contributed by atoms with van der Waals surface area (Å²) < 4.78 is 4.86. The van der Waals surface area contributed by atoms with Crippen LogP contribution in [-0.2, 0) is 4.74 Å². The first-order valence-electron chi connectivity index (χ1n) is 5.01. The van der Waals surface area contributed by atoms with Crippen molar-refractivity contribution < 1.29 is 9.53 Å². The predicted molar refractivity (Wildman–Crippen MR) is 57.6 cm³/mol. The lowest BCUT2D eigenvalue weighted by atomic mass is 10.3. The van der Waals surface area contributed by atoms with Gasteiger partial charge in [-0.2, -0.15) is 5.43 Å². The SMILES string of the molecule is CCCCOC(=O)N[N]c1ccccc1. The first-order valence-corrected chi connectivity index (χ1v) is 5.01. The maximum atomic E-state index is 11.1. The summed E-state index contributed by atoms with van der Waals surface area (Å²) in [5.41, 5.74) is 6.88. The van der Waals surface area contributed by atoms with E-state index in [0.717, 1.165) is 12.8 Å². The number of carbonyl (C=O) groups is 1. The molecule has 81 valence electrons. The normalized spacial score (nSPS) is 9.40. The fraction of sp³-hybridized carbons (Fsp3) is 0.364. The third-order valence-corrected chi connectivity index (χ3v) is 1.76. The molecule has 1 N–H and O–H groups in total. The van der Waals surface area contributed by atoms with Crippen molar-refractivity contribution in [3.8, 4) is 0 Å². The van der Waals surface area contributed by atoms with Gasteiger partial charge < -0.3 is 4.74 Å². The van der Waals surface area contributed by atoms with Crippen LogP contribution >= 0.6 is 0 Å². The van der Waals surface area contributed by atoms with Gasteiger partial charge in [-0.1, -0.05) is 31.5 Å². The van der Waals surface area contributed by atoms with Crippen LogP contribution in [0.15, 0.2) is 30.3 Å². The van der Waals surface area contributed by atoms with Gasteiger partial charge in [0.1, 0.15) is 0 Å². The first-order chi connectivity index (χ1) is 7.33. The van der Waals surface area contributed by atoms with Gasteiger partial charge in [0.05, 0.1) is 12.3 Å². The molecule has 0 fully saturated rings. The fourth-order valence-electron chi connectivity index (χ4n) is 0.954.